The van der Waals surface area contributed by atoms with E-state index in [4.69, 9.17) is 14.9 Å². The Hall–Kier alpha value is -0.200. The molecule has 0 spiro atoms. The summed E-state index contributed by atoms with van der Waals surface area (Å²) in [5.74, 6) is 0. The Morgan fingerprint density at radius 2 is 1.71 bits per heavy atom. The molecule has 1 rings (SSSR count). The second-order valence-electron chi connectivity index (χ2n) is 4.74. The van der Waals surface area contributed by atoms with E-state index in [0.29, 0.717) is 19.3 Å². The molecule has 4 N–H and O–H groups in total. The Labute approximate surface area is 103 Å². The van der Waals surface area contributed by atoms with Crippen LogP contribution in [0.25, 0.3) is 0 Å². The smallest absolute Gasteiger partial charge is 0.0897 e. The van der Waals surface area contributed by atoms with Crippen molar-refractivity contribution in [2.24, 2.45) is 0 Å². The Balaban J connectivity index is 1.98. The van der Waals surface area contributed by atoms with Crippen LogP contribution in [0.1, 0.15) is 32.1 Å². The molecule has 0 aromatic carbocycles. The summed E-state index contributed by atoms with van der Waals surface area (Å²) < 4.78 is 5.63. The van der Waals surface area contributed by atoms with E-state index < -0.39 is 12.2 Å². The highest BCUT2D eigenvalue weighted by Gasteiger charge is 2.15. The van der Waals surface area contributed by atoms with Gasteiger partial charge in [0.2, 0.25) is 0 Å². The monoisotopic (exact) mass is 247 g/mol. The second kappa shape index (κ2) is 8.83. The number of rotatable bonds is 8. The molecule has 0 aromatic rings. The van der Waals surface area contributed by atoms with Gasteiger partial charge in [-0.3, -0.25) is 0 Å². The fourth-order valence-corrected chi connectivity index (χ4v) is 2.02. The number of aliphatic hydroxyl groups excluding tert-OH is 3. The van der Waals surface area contributed by atoms with Gasteiger partial charge in [0, 0.05) is 13.1 Å². The zero-order valence-electron chi connectivity index (χ0n) is 10.3. The van der Waals surface area contributed by atoms with E-state index in [9.17, 15) is 5.11 Å². The molecule has 5 heteroatoms. The summed E-state index contributed by atoms with van der Waals surface area (Å²) in [4.78, 5) is 0. The number of nitrogens with one attached hydrogen (secondary N) is 1. The highest BCUT2D eigenvalue weighted by atomic mass is 16.5. The van der Waals surface area contributed by atoms with Crippen molar-refractivity contribution in [2.75, 3.05) is 26.3 Å². The zero-order valence-corrected chi connectivity index (χ0v) is 10.3. The molecule has 0 saturated heterocycles. The minimum absolute atomic E-state index is 0.262. The van der Waals surface area contributed by atoms with Crippen molar-refractivity contribution in [1.29, 1.82) is 0 Å². The molecule has 1 aliphatic rings. The summed E-state index contributed by atoms with van der Waals surface area (Å²) >= 11 is 0. The van der Waals surface area contributed by atoms with Crippen LogP contribution in [0.4, 0.5) is 0 Å². The lowest BCUT2D eigenvalue weighted by atomic mass is 9.98. The summed E-state index contributed by atoms with van der Waals surface area (Å²) in [6.07, 6.45) is 4.94. The molecular formula is C12H25NO4. The van der Waals surface area contributed by atoms with E-state index in [1.807, 2.05) is 0 Å². The number of hydrogen-bond acceptors (Lipinski definition) is 5. The van der Waals surface area contributed by atoms with Gasteiger partial charge in [0.25, 0.3) is 0 Å². The number of ether oxygens (including phenoxy) is 1. The summed E-state index contributed by atoms with van der Waals surface area (Å²) in [6, 6.07) is 0. The molecule has 1 saturated carbocycles. The SMILES string of the molecule is OCC(O)CNCC(O)COC1CCCCC1. The van der Waals surface area contributed by atoms with E-state index in [2.05, 4.69) is 5.32 Å². The normalized spacial score (nSPS) is 21.4. The summed E-state index contributed by atoms with van der Waals surface area (Å²) in [5.41, 5.74) is 0. The molecule has 17 heavy (non-hydrogen) atoms. The minimum atomic E-state index is -0.763. The topological polar surface area (TPSA) is 82.0 Å². The van der Waals surface area contributed by atoms with Gasteiger partial charge in [0.1, 0.15) is 0 Å². The standard InChI is InChI=1S/C12H25NO4/c14-8-10(15)6-13-7-11(16)9-17-12-4-2-1-3-5-12/h10-16H,1-9H2. The van der Waals surface area contributed by atoms with E-state index in [1.54, 1.807) is 0 Å². The van der Waals surface area contributed by atoms with Crippen molar-refractivity contribution >= 4 is 0 Å². The van der Waals surface area contributed by atoms with Crippen molar-refractivity contribution in [3.8, 4) is 0 Å². The predicted octanol–water partition coefficient (Wildman–Crippen LogP) is -0.361. The molecule has 2 atom stereocenters. The van der Waals surface area contributed by atoms with Crippen molar-refractivity contribution in [2.45, 2.75) is 50.4 Å². The second-order valence-corrected chi connectivity index (χ2v) is 4.74. The van der Waals surface area contributed by atoms with Gasteiger partial charge >= 0.3 is 0 Å². The Morgan fingerprint density at radius 3 is 2.35 bits per heavy atom. The van der Waals surface area contributed by atoms with Crippen molar-refractivity contribution < 1.29 is 20.1 Å². The van der Waals surface area contributed by atoms with Gasteiger partial charge in [-0.05, 0) is 12.8 Å². The van der Waals surface area contributed by atoms with E-state index in [1.165, 1.54) is 19.3 Å². The third kappa shape index (κ3) is 6.95. The lowest BCUT2D eigenvalue weighted by Crippen LogP contribution is -2.37. The quantitative estimate of drug-likeness (QED) is 0.471. The summed E-state index contributed by atoms with van der Waals surface area (Å²) in [6.45, 7) is 0.745. The van der Waals surface area contributed by atoms with Crippen LogP contribution in [0, 0.1) is 0 Å². The Bertz CT molecular complexity index is 185. The highest BCUT2D eigenvalue weighted by Crippen LogP contribution is 2.20. The molecule has 0 aliphatic heterocycles. The Kier molecular flexibility index (Phi) is 7.72. The van der Waals surface area contributed by atoms with E-state index in [0.717, 1.165) is 12.8 Å². The van der Waals surface area contributed by atoms with Crippen LogP contribution in [0.15, 0.2) is 0 Å². The number of hydrogen-bond donors (Lipinski definition) is 4. The van der Waals surface area contributed by atoms with Gasteiger partial charge in [-0.15, -0.1) is 0 Å². The largest absolute Gasteiger partial charge is 0.394 e. The van der Waals surface area contributed by atoms with Gasteiger partial charge in [-0.1, -0.05) is 19.3 Å². The lowest BCUT2D eigenvalue weighted by molar-refractivity contribution is -0.0238. The van der Waals surface area contributed by atoms with Crippen molar-refractivity contribution in [1.82, 2.24) is 5.32 Å². The molecule has 1 aliphatic carbocycles. The maximum absolute atomic E-state index is 9.63. The zero-order chi connectivity index (χ0) is 12.5. The molecule has 0 radical (unpaired) electrons. The van der Waals surface area contributed by atoms with Crippen LogP contribution in [0.5, 0.6) is 0 Å². The van der Waals surface area contributed by atoms with Gasteiger partial charge in [0.05, 0.1) is 31.5 Å². The van der Waals surface area contributed by atoms with Crippen LogP contribution < -0.4 is 5.32 Å². The molecule has 0 heterocycles. The van der Waals surface area contributed by atoms with Gasteiger partial charge < -0.3 is 25.4 Å². The third-order valence-electron chi connectivity index (χ3n) is 3.05. The molecule has 0 amide bonds. The van der Waals surface area contributed by atoms with Crippen LogP contribution >= 0.6 is 0 Å². The van der Waals surface area contributed by atoms with Crippen molar-refractivity contribution in [3.05, 3.63) is 0 Å². The average molecular weight is 247 g/mol. The first-order valence-corrected chi connectivity index (χ1v) is 6.51. The summed E-state index contributed by atoms with van der Waals surface area (Å²) in [5, 5.41) is 30.2. The molecule has 5 nitrogen and oxygen atoms in total. The number of aliphatic hydroxyl groups is 3. The van der Waals surface area contributed by atoms with Crippen LogP contribution in [-0.4, -0.2) is 59.9 Å². The highest BCUT2D eigenvalue weighted by molar-refractivity contribution is 4.67. The fraction of sp³-hybridized carbons (Fsp3) is 1.00. The third-order valence-corrected chi connectivity index (χ3v) is 3.05. The lowest BCUT2D eigenvalue weighted by Gasteiger charge is -2.23. The molecule has 0 bridgehead atoms. The average Bonchev–Trinajstić information content (AvgIpc) is 2.37. The van der Waals surface area contributed by atoms with Crippen molar-refractivity contribution in [3.63, 3.8) is 0 Å². The molecule has 2 unspecified atom stereocenters. The minimum Gasteiger partial charge on any atom is -0.394 e. The first-order valence-electron chi connectivity index (χ1n) is 6.51. The molecular weight excluding hydrogens is 222 g/mol. The molecule has 0 aromatic heterocycles. The maximum Gasteiger partial charge on any atom is 0.0897 e. The summed E-state index contributed by atoms with van der Waals surface area (Å²) in [7, 11) is 0. The van der Waals surface area contributed by atoms with Crippen LogP contribution in [-0.2, 0) is 4.74 Å². The van der Waals surface area contributed by atoms with Crippen LogP contribution in [0.2, 0.25) is 0 Å². The first-order chi connectivity index (χ1) is 8.22. The van der Waals surface area contributed by atoms with Gasteiger partial charge in [-0.2, -0.15) is 0 Å². The fourth-order valence-electron chi connectivity index (χ4n) is 2.02. The first kappa shape index (κ1) is 14.9. The van der Waals surface area contributed by atoms with Gasteiger partial charge in [-0.25, -0.2) is 0 Å². The Morgan fingerprint density at radius 1 is 1.06 bits per heavy atom. The molecule has 1 fully saturated rings. The predicted molar refractivity (Wildman–Crippen MR) is 64.8 cm³/mol. The van der Waals surface area contributed by atoms with E-state index in [-0.39, 0.29) is 13.2 Å². The van der Waals surface area contributed by atoms with Gasteiger partial charge in [0.15, 0.2) is 0 Å². The molecule has 102 valence electrons. The maximum atomic E-state index is 9.63. The van der Waals surface area contributed by atoms with Crippen LogP contribution in [0.3, 0.4) is 0 Å². The van der Waals surface area contributed by atoms with E-state index >= 15 is 0 Å².